The smallest absolute Gasteiger partial charge is 0.322 e. The van der Waals surface area contributed by atoms with Gasteiger partial charge in [0.15, 0.2) is 0 Å². The lowest BCUT2D eigenvalue weighted by molar-refractivity contribution is -0.00139. The Bertz CT molecular complexity index is 467. The van der Waals surface area contributed by atoms with Gasteiger partial charge < -0.3 is 19.7 Å². The number of anilines is 1. The molecule has 1 saturated heterocycles. The van der Waals surface area contributed by atoms with E-state index in [0.717, 1.165) is 0 Å². The van der Waals surface area contributed by atoms with E-state index in [-0.39, 0.29) is 12.1 Å². The van der Waals surface area contributed by atoms with Gasteiger partial charge >= 0.3 is 6.03 Å². The van der Waals surface area contributed by atoms with Crippen LogP contribution in [0.4, 0.5) is 10.5 Å². The molecule has 2 rings (SSSR count). The van der Waals surface area contributed by atoms with Crippen molar-refractivity contribution in [3.05, 3.63) is 23.2 Å². The molecule has 0 saturated carbocycles. The number of urea groups is 1. The summed E-state index contributed by atoms with van der Waals surface area (Å²) in [6, 6.07) is 4.94. The predicted octanol–water partition coefficient (Wildman–Crippen LogP) is 2.60. The Morgan fingerprint density at radius 2 is 2.37 bits per heavy atom. The summed E-state index contributed by atoms with van der Waals surface area (Å²) in [5, 5.41) is 3.36. The minimum atomic E-state index is -0.171. The molecular formula is C13H17ClN2O3. The number of hydrogen-bond donors (Lipinski definition) is 1. The fourth-order valence-corrected chi connectivity index (χ4v) is 2.15. The molecule has 0 aliphatic carbocycles. The number of ether oxygens (including phenoxy) is 2. The van der Waals surface area contributed by atoms with Crippen LogP contribution in [-0.2, 0) is 4.74 Å². The molecule has 5 nitrogen and oxygen atoms in total. The summed E-state index contributed by atoms with van der Waals surface area (Å²) in [7, 11) is 1.55. The molecular weight excluding hydrogens is 268 g/mol. The third-order valence-electron chi connectivity index (χ3n) is 2.93. The molecule has 1 aliphatic heterocycles. The van der Waals surface area contributed by atoms with Crippen molar-refractivity contribution >= 4 is 23.3 Å². The maximum Gasteiger partial charge on any atom is 0.322 e. The average molecular weight is 285 g/mol. The molecule has 1 aliphatic rings. The van der Waals surface area contributed by atoms with E-state index in [1.54, 1.807) is 30.2 Å². The van der Waals surface area contributed by atoms with Crippen molar-refractivity contribution in [2.24, 2.45) is 0 Å². The molecule has 1 aromatic carbocycles. The Labute approximate surface area is 117 Å². The molecule has 19 heavy (non-hydrogen) atoms. The first-order valence-corrected chi connectivity index (χ1v) is 6.49. The van der Waals surface area contributed by atoms with Crippen LogP contribution in [-0.4, -0.2) is 43.8 Å². The normalized spacial score (nSPS) is 19.1. The summed E-state index contributed by atoms with van der Waals surface area (Å²) in [5.74, 6) is 0.582. The minimum absolute atomic E-state index is 0.0563. The number of nitrogens with one attached hydrogen (secondary N) is 1. The second kappa shape index (κ2) is 6.12. The largest absolute Gasteiger partial charge is 0.495 e. The molecule has 1 atom stereocenters. The Morgan fingerprint density at radius 3 is 3.05 bits per heavy atom. The molecule has 1 heterocycles. The topological polar surface area (TPSA) is 50.8 Å². The average Bonchev–Trinajstić information content (AvgIpc) is 2.39. The predicted molar refractivity (Wildman–Crippen MR) is 74.0 cm³/mol. The zero-order valence-corrected chi connectivity index (χ0v) is 11.7. The van der Waals surface area contributed by atoms with Crippen LogP contribution in [0.5, 0.6) is 5.75 Å². The van der Waals surface area contributed by atoms with Crippen molar-refractivity contribution in [3.63, 3.8) is 0 Å². The van der Waals surface area contributed by atoms with Gasteiger partial charge in [-0.25, -0.2) is 4.79 Å². The molecule has 1 N–H and O–H groups in total. The minimum Gasteiger partial charge on any atom is -0.495 e. The number of nitrogens with zero attached hydrogens (tertiary/aromatic N) is 1. The van der Waals surface area contributed by atoms with Crippen LogP contribution in [0.3, 0.4) is 0 Å². The van der Waals surface area contributed by atoms with Gasteiger partial charge in [0.2, 0.25) is 0 Å². The van der Waals surface area contributed by atoms with Crippen molar-refractivity contribution < 1.29 is 14.3 Å². The van der Waals surface area contributed by atoms with Crippen LogP contribution in [0.25, 0.3) is 0 Å². The van der Waals surface area contributed by atoms with E-state index in [4.69, 9.17) is 21.1 Å². The Morgan fingerprint density at radius 1 is 1.58 bits per heavy atom. The van der Waals surface area contributed by atoms with Crippen molar-refractivity contribution in [3.8, 4) is 5.75 Å². The number of morpholine rings is 1. The van der Waals surface area contributed by atoms with Gasteiger partial charge in [-0.15, -0.1) is 0 Å². The van der Waals surface area contributed by atoms with Crippen LogP contribution < -0.4 is 10.1 Å². The van der Waals surface area contributed by atoms with Gasteiger partial charge in [-0.2, -0.15) is 0 Å². The van der Waals surface area contributed by atoms with Crippen molar-refractivity contribution in [1.29, 1.82) is 0 Å². The Balaban J connectivity index is 2.07. The number of carbonyl (C=O) groups is 1. The first-order valence-electron chi connectivity index (χ1n) is 6.11. The lowest BCUT2D eigenvalue weighted by Crippen LogP contribution is -2.46. The van der Waals surface area contributed by atoms with Gasteiger partial charge in [0.05, 0.1) is 25.5 Å². The summed E-state index contributed by atoms with van der Waals surface area (Å²) in [4.78, 5) is 13.9. The number of benzene rings is 1. The second-order valence-electron chi connectivity index (χ2n) is 4.40. The molecule has 2 amide bonds. The van der Waals surface area contributed by atoms with Crippen LogP contribution in [0.2, 0.25) is 5.02 Å². The van der Waals surface area contributed by atoms with E-state index in [1.807, 2.05) is 6.92 Å². The number of methoxy groups -OCH3 is 1. The lowest BCUT2D eigenvalue weighted by atomic mass is 10.3. The van der Waals surface area contributed by atoms with E-state index >= 15 is 0 Å². The Kier molecular flexibility index (Phi) is 4.50. The highest BCUT2D eigenvalue weighted by Crippen LogP contribution is 2.28. The van der Waals surface area contributed by atoms with Gasteiger partial charge in [0, 0.05) is 18.1 Å². The summed E-state index contributed by atoms with van der Waals surface area (Å²) >= 11 is 5.93. The zero-order valence-electron chi connectivity index (χ0n) is 11.0. The first-order chi connectivity index (χ1) is 9.10. The van der Waals surface area contributed by atoms with E-state index in [9.17, 15) is 4.79 Å². The van der Waals surface area contributed by atoms with Gasteiger partial charge in [-0.1, -0.05) is 11.6 Å². The fourth-order valence-electron chi connectivity index (χ4n) is 1.98. The number of hydrogen-bond acceptors (Lipinski definition) is 3. The maximum atomic E-state index is 12.2. The second-order valence-corrected chi connectivity index (χ2v) is 4.84. The fraction of sp³-hybridized carbons (Fsp3) is 0.462. The van der Waals surface area contributed by atoms with Crippen LogP contribution in [0.1, 0.15) is 6.92 Å². The highest BCUT2D eigenvalue weighted by Gasteiger charge is 2.22. The van der Waals surface area contributed by atoms with Crippen molar-refractivity contribution in [1.82, 2.24) is 4.90 Å². The molecule has 0 aromatic heterocycles. The molecule has 1 unspecified atom stereocenters. The van der Waals surface area contributed by atoms with Crippen LogP contribution >= 0.6 is 11.6 Å². The SMILES string of the molecule is COc1ccc(Cl)cc1NC(=O)N1CCOC(C)C1. The molecule has 1 fully saturated rings. The first kappa shape index (κ1) is 14.0. The number of carbonyl (C=O) groups excluding carboxylic acids is 1. The van der Waals surface area contributed by atoms with E-state index < -0.39 is 0 Å². The van der Waals surface area contributed by atoms with Gasteiger partial charge in [0.25, 0.3) is 0 Å². The summed E-state index contributed by atoms with van der Waals surface area (Å²) in [5.41, 5.74) is 0.569. The van der Waals surface area contributed by atoms with Crippen LogP contribution in [0.15, 0.2) is 18.2 Å². The molecule has 0 spiro atoms. The van der Waals surface area contributed by atoms with E-state index in [2.05, 4.69) is 5.32 Å². The Hall–Kier alpha value is -1.46. The van der Waals surface area contributed by atoms with Gasteiger partial charge in [-0.05, 0) is 25.1 Å². The maximum absolute atomic E-state index is 12.2. The molecule has 0 bridgehead atoms. The summed E-state index contributed by atoms with van der Waals surface area (Å²) in [6.07, 6.45) is 0.0563. The lowest BCUT2D eigenvalue weighted by Gasteiger charge is -2.31. The van der Waals surface area contributed by atoms with Gasteiger partial charge in [-0.3, -0.25) is 0 Å². The summed E-state index contributed by atoms with van der Waals surface area (Å²) in [6.45, 7) is 3.66. The molecule has 0 radical (unpaired) electrons. The zero-order chi connectivity index (χ0) is 13.8. The third kappa shape index (κ3) is 3.52. The monoisotopic (exact) mass is 284 g/mol. The molecule has 6 heteroatoms. The highest BCUT2D eigenvalue weighted by molar-refractivity contribution is 6.31. The van der Waals surface area contributed by atoms with E-state index in [0.29, 0.717) is 36.2 Å². The van der Waals surface area contributed by atoms with Crippen LogP contribution in [0, 0.1) is 0 Å². The standard InChI is InChI=1S/C13H17ClN2O3/c1-9-8-16(5-6-19-9)13(17)15-11-7-10(14)3-4-12(11)18-2/h3-4,7,9H,5-6,8H2,1-2H3,(H,15,17). The van der Waals surface area contributed by atoms with E-state index in [1.165, 1.54) is 0 Å². The van der Waals surface area contributed by atoms with Gasteiger partial charge in [0.1, 0.15) is 5.75 Å². The molecule has 1 aromatic rings. The highest BCUT2D eigenvalue weighted by atomic mass is 35.5. The van der Waals surface area contributed by atoms with Crippen molar-refractivity contribution in [2.75, 3.05) is 32.1 Å². The van der Waals surface area contributed by atoms with Crippen molar-refractivity contribution in [2.45, 2.75) is 13.0 Å². The quantitative estimate of drug-likeness (QED) is 0.908. The number of halogens is 1. The number of rotatable bonds is 2. The number of amides is 2. The summed E-state index contributed by atoms with van der Waals surface area (Å²) < 4.78 is 10.6. The molecule has 104 valence electrons. The third-order valence-corrected chi connectivity index (χ3v) is 3.17.